The Labute approximate surface area is 220 Å². The molecule has 2 aromatic carbocycles. The third-order valence-electron chi connectivity index (χ3n) is 5.25. The summed E-state index contributed by atoms with van der Waals surface area (Å²) in [6.07, 6.45) is -0.714. The molecule has 0 radical (unpaired) electrons. The third kappa shape index (κ3) is 6.31. The normalized spacial score (nSPS) is 15.6. The van der Waals surface area contributed by atoms with Crippen molar-refractivity contribution in [1.82, 2.24) is 14.6 Å². The summed E-state index contributed by atoms with van der Waals surface area (Å²) in [6.45, 7) is -1.13. The highest BCUT2D eigenvalue weighted by Gasteiger charge is 2.45. The van der Waals surface area contributed by atoms with E-state index in [4.69, 9.17) is 19.9 Å². The first-order chi connectivity index (χ1) is 18.1. The van der Waals surface area contributed by atoms with E-state index in [1.165, 1.54) is 5.38 Å². The minimum absolute atomic E-state index is 0.00298. The summed E-state index contributed by atoms with van der Waals surface area (Å²) in [5, 5.41) is 7.51. The van der Waals surface area contributed by atoms with Gasteiger partial charge in [0.15, 0.2) is 16.9 Å². The highest BCUT2D eigenvalue weighted by Crippen LogP contribution is 2.26. The van der Waals surface area contributed by atoms with E-state index in [1.54, 1.807) is 0 Å². The van der Waals surface area contributed by atoms with Crippen LogP contribution in [0, 0.1) is 0 Å². The van der Waals surface area contributed by atoms with Gasteiger partial charge in [-0.1, -0.05) is 65.8 Å². The topological polar surface area (TPSA) is 191 Å². The number of nitrogens with two attached hydrogens (primary N) is 1. The predicted octanol–water partition coefficient (Wildman–Crippen LogP) is 0.909. The maximum Gasteiger partial charge on any atom is 0.362 e. The van der Waals surface area contributed by atoms with Crippen LogP contribution in [-0.2, 0) is 34.3 Å². The average Bonchev–Trinajstić information content (AvgIpc) is 3.33. The molecule has 4 rings (SSSR count). The lowest BCUT2D eigenvalue weighted by Gasteiger charge is -2.35. The van der Waals surface area contributed by atoms with Crippen LogP contribution in [0.4, 0.5) is 5.13 Å². The molecule has 3 aromatic rings. The van der Waals surface area contributed by atoms with Crippen molar-refractivity contribution >= 4 is 50.3 Å². The van der Waals surface area contributed by atoms with Gasteiger partial charge in [-0.05, 0) is 11.1 Å². The summed E-state index contributed by atoms with van der Waals surface area (Å²) in [7, 11) is -4.73. The van der Waals surface area contributed by atoms with Crippen molar-refractivity contribution in [3.8, 4) is 0 Å². The van der Waals surface area contributed by atoms with Gasteiger partial charge in [0, 0.05) is 5.38 Å². The lowest BCUT2D eigenvalue weighted by atomic mass is 10.0. The quantitative estimate of drug-likeness (QED) is 0.106. The van der Waals surface area contributed by atoms with Crippen LogP contribution in [0.1, 0.15) is 22.9 Å². The summed E-state index contributed by atoms with van der Waals surface area (Å²) in [5.41, 5.74) is 6.70. The lowest BCUT2D eigenvalue weighted by Crippen LogP contribution is -2.65. The molecule has 1 aliphatic rings. The molecule has 4 N–H and O–H groups in total. The second-order valence-corrected chi connectivity index (χ2v) is 10.1. The maximum absolute atomic E-state index is 12.8. The number of carbonyl (C=O) groups excluding carboxylic acids is 3. The highest BCUT2D eigenvalue weighted by atomic mass is 32.2. The van der Waals surface area contributed by atoms with Gasteiger partial charge in [0.1, 0.15) is 11.7 Å². The summed E-state index contributed by atoms with van der Waals surface area (Å²) in [6, 6.07) is 16.9. The molecule has 0 aliphatic carbocycles. The van der Waals surface area contributed by atoms with Crippen molar-refractivity contribution in [2.75, 3.05) is 18.9 Å². The number of ether oxygens (including phenoxy) is 1. The van der Waals surface area contributed by atoms with Gasteiger partial charge >= 0.3 is 16.3 Å². The van der Waals surface area contributed by atoms with Crippen molar-refractivity contribution in [3.63, 3.8) is 0 Å². The Hall–Kier alpha value is -4.34. The molecule has 15 heteroatoms. The number of nitrogen functional groups attached to an aromatic ring is 1. The number of nitrogens with one attached hydrogen (secondary N) is 1. The minimum atomic E-state index is -4.73. The average molecular weight is 560 g/mol. The van der Waals surface area contributed by atoms with Crippen molar-refractivity contribution in [2.45, 2.75) is 12.1 Å². The number of anilines is 1. The number of benzene rings is 2. The van der Waals surface area contributed by atoms with Crippen LogP contribution < -0.4 is 11.1 Å². The van der Waals surface area contributed by atoms with Gasteiger partial charge in [-0.2, -0.15) is 8.42 Å². The van der Waals surface area contributed by atoms with Crippen LogP contribution in [-0.4, -0.2) is 64.9 Å². The first-order valence-electron chi connectivity index (χ1n) is 10.9. The second-order valence-electron chi connectivity index (χ2n) is 7.85. The number of hydrogen-bond donors (Lipinski definition) is 3. The van der Waals surface area contributed by atoms with Crippen LogP contribution in [0.15, 0.2) is 71.2 Å². The molecular weight excluding hydrogens is 538 g/mol. The fourth-order valence-electron chi connectivity index (χ4n) is 3.44. The van der Waals surface area contributed by atoms with E-state index >= 15 is 0 Å². The molecule has 0 spiro atoms. The smallest absolute Gasteiger partial charge is 0.362 e. The standard InChI is InChI=1S/C23H21N5O8S2/c24-23-26-17(13-37-23)19(21(30)25-16-11-28(22(16)31)38(32,33)34)27-35-12-18(29)36-20(14-7-3-1-4-8-14)15-9-5-2-6-10-15/h1-10,13,16,20H,11-12H2,(H2,24,26)(H,25,30)(H,32,33,34)/t16-/m0/s1. The number of amides is 2. The maximum atomic E-state index is 12.8. The highest BCUT2D eigenvalue weighted by molar-refractivity contribution is 7.84. The molecule has 1 atom stereocenters. The summed E-state index contributed by atoms with van der Waals surface area (Å²) < 4.78 is 37.0. The number of β-lactam (4-membered cyclic amide) rings is 1. The van der Waals surface area contributed by atoms with E-state index in [2.05, 4.69) is 15.5 Å². The van der Waals surface area contributed by atoms with Gasteiger partial charge in [-0.15, -0.1) is 11.3 Å². The monoisotopic (exact) mass is 559 g/mol. The van der Waals surface area contributed by atoms with E-state index in [1.807, 2.05) is 60.7 Å². The van der Waals surface area contributed by atoms with Crippen LogP contribution >= 0.6 is 11.3 Å². The molecule has 38 heavy (non-hydrogen) atoms. The molecule has 0 saturated carbocycles. The van der Waals surface area contributed by atoms with Crippen LogP contribution in [0.5, 0.6) is 0 Å². The fraction of sp³-hybridized carbons (Fsp3) is 0.174. The van der Waals surface area contributed by atoms with Crippen molar-refractivity contribution < 1.29 is 36.9 Å². The SMILES string of the molecule is Nc1nc(C(=NOCC(=O)OC(c2ccccc2)c2ccccc2)C(=O)N[C@H]2CN(S(=O)(=O)O)C2=O)cs1. The predicted molar refractivity (Wildman–Crippen MR) is 135 cm³/mol. The van der Waals surface area contributed by atoms with E-state index in [-0.39, 0.29) is 15.1 Å². The zero-order chi connectivity index (χ0) is 27.3. The van der Waals surface area contributed by atoms with E-state index < -0.39 is 59.1 Å². The number of nitrogens with zero attached hydrogens (tertiary/aromatic N) is 3. The molecule has 2 amide bonds. The van der Waals surface area contributed by atoms with Gasteiger partial charge in [-0.25, -0.2) is 14.1 Å². The summed E-state index contributed by atoms with van der Waals surface area (Å²) >= 11 is 1.01. The van der Waals surface area contributed by atoms with Crippen LogP contribution in [0.25, 0.3) is 0 Å². The first kappa shape index (κ1) is 26.7. The van der Waals surface area contributed by atoms with E-state index in [0.29, 0.717) is 0 Å². The molecule has 0 bridgehead atoms. The third-order valence-corrected chi connectivity index (χ3v) is 6.81. The molecule has 1 aliphatic heterocycles. The summed E-state index contributed by atoms with van der Waals surface area (Å²) in [4.78, 5) is 46.4. The van der Waals surface area contributed by atoms with Gasteiger partial charge in [-0.3, -0.25) is 14.1 Å². The van der Waals surface area contributed by atoms with Crippen molar-refractivity contribution in [1.29, 1.82) is 0 Å². The number of oxime groups is 1. The Morgan fingerprint density at radius 1 is 1.16 bits per heavy atom. The van der Waals surface area contributed by atoms with Gasteiger partial charge < -0.3 is 20.6 Å². The van der Waals surface area contributed by atoms with Crippen LogP contribution in [0.3, 0.4) is 0 Å². The zero-order valence-corrected chi connectivity index (χ0v) is 21.1. The molecule has 1 saturated heterocycles. The summed E-state index contributed by atoms with van der Waals surface area (Å²) in [5.74, 6) is -2.75. The molecule has 0 unspecified atom stereocenters. The largest absolute Gasteiger partial charge is 0.450 e. The number of aromatic nitrogens is 1. The Bertz CT molecular complexity index is 1420. The molecule has 1 fully saturated rings. The fourth-order valence-corrected chi connectivity index (χ4v) is 4.68. The van der Waals surface area contributed by atoms with Crippen molar-refractivity contribution in [2.24, 2.45) is 5.16 Å². The molecule has 2 heterocycles. The molecule has 198 valence electrons. The molecule has 1 aromatic heterocycles. The zero-order valence-electron chi connectivity index (χ0n) is 19.5. The van der Waals surface area contributed by atoms with Gasteiger partial charge in [0.05, 0.1) is 6.54 Å². The van der Waals surface area contributed by atoms with Gasteiger partial charge in [0.25, 0.3) is 11.8 Å². The minimum Gasteiger partial charge on any atom is -0.450 e. The number of esters is 1. The molecule has 13 nitrogen and oxygen atoms in total. The van der Waals surface area contributed by atoms with Gasteiger partial charge in [0.2, 0.25) is 6.61 Å². The second kappa shape index (κ2) is 11.4. The first-order valence-corrected chi connectivity index (χ1v) is 13.2. The number of rotatable bonds is 10. The number of hydrogen-bond acceptors (Lipinski definition) is 11. The van der Waals surface area contributed by atoms with E-state index in [9.17, 15) is 22.8 Å². The number of thiazole rings is 1. The Balaban J connectivity index is 1.44. The van der Waals surface area contributed by atoms with E-state index in [0.717, 1.165) is 22.5 Å². The Kier molecular flexibility index (Phi) is 7.99. The Morgan fingerprint density at radius 3 is 2.26 bits per heavy atom. The molecular formula is C23H21N5O8S2. The Morgan fingerprint density at radius 2 is 1.76 bits per heavy atom. The lowest BCUT2D eigenvalue weighted by molar-refractivity contribution is -0.153. The van der Waals surface area contributed by atoms with Crippen LogP contribution in [0.2, 0.25) is 0 Å². The number of carbonyl (C=O) groups is 3. The van der Waals surface area contributed by atoms with Crippen molar-refractivity contribution in [3.05, 3.63) is 82.9 Å².